The van der Waals surface area contributed by atoms with Crippen LogP contribution in [0.15, 0.2) is 26.6 Å². The Morgan fingerprint density at radius 3 is 2.73 bits per heavy atom. The van der Waals surface area contributed by atoms with Crippen LogP contribution in [0.5, 0.6) is 0 Å². The van der Waals surface area contributed by atoms with E-state index in [1.807, 2.05) is 6.07 Å². The zero-order chi connectivity index (χ0) is 11.0. The second-order valence-corrected chi connectivity index (χ2v) is 6.13. The van der Waals surface area contributed by atoms with Crippen LogP contribution in [-0.2, 0) is 7.05 Å². The quantitative estimate of drug-likeness (QED) is 0.780. The fourth-order valence-corrected chi connectivity index (χ4v) is 3.17. The van der Waals surface area contributed by atoms with E-state index >= 15 is 0 Å². The molecule has 78 valence electrons. The molecule has 0 atom stereocenters. The smallest absolute Gasteiger partial charge is 0.220 e. The lowest BCUT2D eigenvalue weighted by molar-refractivity contribution is 0.103. The Kier molecular flexibility index (Phi) is 3.08. The van der Waals surface area contributed by atoms with Crippen LogP contribution in [0.1, 0.15) is 15.4 Å². The summed E-state index contributed by atoms with van der Waals surface area (Å²) in [5.41, 5.74) is 0.594. The Morgan fingerprint density at radius 2 is 2.27 bits per heavy atom. The lowest BCUT2D eigenvalue weighted by Crippen LogP contribution is -2.06. The van der Waals surface area contributed by atoms with Gasteiger partial charge in [0.1, 0.15) is 5.69 Å². The molecular weight excluding hydrogens is 344 g/mol. The Morgan fingerprint density at radius 1 is 1.53 bits per heavy atom. The van der Waals surface area contributed by atoms with Crippen molar-refractivity contribution in [2.75, 3.05) is 0 Å². The number of carbonyl (C=O) groups excluding carboxylic acids is 1. The van der Waals surface area contributed by atoms with Gasteiger partial charge < -0.3 is 0 Å². The van der Waals surface area contributed by atoms with E-state index in [9.17, 15) is 4.79 Å². The summed E-state index contributed by atoms with van der Waals surface area (Å²) in [5.74, 6) is -0.00796. The van der Waals surface area contributed by atoms with Crippen molar-refractivity contribution in [2.45, 2.75) is 0 Å². The number of thiophene rings is 1. The number of nitrogens with zero attached hydrogens (tertiary/aromatic N) is 2. The molecule has 2 heterocycles. The van der Waals surface area contributed by atoms with Crippen molar-refractivity contribution in [3.63, 3.8) is 0 Å². The van der Waals surface area contributed by atoms with Crippen LogP contribution in [0, 0.1) is 0 Å². The Bertz CT molecular complexity index is 498. The SMILES string of the molecule is Cn1nccc1C(=O)c1cc(Br)c(Br)s1. The van der Waals surface area contributed by atoms with Gasteiger partial charge in [0.25, 0.3) is 0 Å². The van der Waals surface area contributed by atoms with Gasteiger partial charge in [-0.1, -0.05) is 0 Å². The molecule has 0 unspecified atom stereocenters. The van der Waals surface area contributed by atoms with Gasteiger partial charge in [0.15, 0.2) is 0 Å². The van der Waals surface area contributed by atoms with E-state index in [0.29, 0.717) is 10.6 Å². The third-order valence-electron chi connectivity index (χ3n) is 1.92. The van der Waals surface area contributed by atoms with Gasteiger partial charge >= 0.3 is 0 Å². The maximum Gasteiger partial charge on any atom is 0.220 e. The molecule has 0 aromatic carbocycles. The first-order valence-corrected chi connectivity index (χ1v) is 6.47. The van der Waals surface area contributed by atoms with Crippen LogP contribution >= 0.6 is 43.2 Å². The molecule has 0 bridgehead atoms. The van der Waals surface area contributed by atoms with E-state index in [4.69, 9.17) is 0 Å². The molecule has 0 saturated heterocycles. The molecular formula is C9H6Br2N2OS. The van der Waals surface area contributed by atoms with Crippen molar-refractivity contribution in [1.29, 1.82) is 0 Å². The molecule has 0 aliphatic rings. The minimum Gasteiger partial charge on any atom is -0.286 e. The molecule has 15 heavy (non-hydrogen) atoms. The molecule has 2 aromatic rings. The number of rotatable bonds is 2. The van der Waals surface area contributed by atoms with Gasteiger partial charge in [-0.3, -0.25) is 9.48 Å². The van der Waals surface area contributed by atoms with Crippen LogP contribution in [0.25, 0.3) is 0 Å². The Hall–Kier alpha value is -0.460. The lowest BCUT2D eigenvalue weighted by Gasteiger charge is -1.97. The molecule has 3 nitrogen and oxygen atoms in total. The van der Waals surface area contributed by atoms with Gasteiger partial charge in [-0.2, -0.15) is 5.10 Å². The molecule has 0 amide bonds. The predicted octanol–water partition coefficient (Wildman–Crippen LogP) is 3.24. The van der Waals surface area contributed by atoms with E-state index in [1.54, 1.807) is 24.0 Å². The van der Waals surface area contributed by atoms with Gasteiger partial charge in [0, 0.05) is 17.7 Å². The highest BCUT2D eigenvalue weighted by molar-refractivity contribution is 9.13. The third-order valence-corrected chi connectivity index (χ3v) is 5.18. The molecule has 0 N–H and O–H groups in total. The molecule has 6 heteroatoms. The molecule has 0 aliphatic heterocycles. The molecule has 0 fully saturated rings. The number of halogens is 2. The van der Waals surface area contributed by atoms with Crippen molar-refractivity contribution >= 4 is 49.0 Å². The summed E-state index contributed by atoms with van der Waals surface area (Å²) < 4.78 is 3.40. The zero-order valence-corrected chi connectivity index (χ0v) is 11.7. The summed E-state index contributed by atoms with van der Waals surface area (Å²) in [7, 11) is 1.75. The van der Waals surface area contributed by atoms with Crippen LogP contribution < -0.4 is 0 Å². The average molecular weight is 350 g/mol. The first-order chi connectivity index (χ1) is 7.09. The van der Waals surface area contributed by atoms with E-state index < -0.39 is 0 Å². The molecule has 0 aliphatic carbocycles. The number of carbonyl (C=O) groups is 1. The summed E-state index contributed by atoms with van der Waals surface area (Å²) >= 11 is 8.13. The highest BCUT2D eigenvalue weighted by atomic mass is 79.9. The van der Waals surface area contributed by atoms with Crippen LogP contribution in [0.2, 0.25) is 0 Å². The molecule has 2 aromatic heterocycles. The topological polar surface area (TPSA) is 34.9 Å². The van der Waals surface area contributed by atoms with Crippen molar-refractivity contribution in [3.8, 4) is 0 Å². The number of aromatic nitrogens is 2. The highest BCUT2D eigenvalue weighted by Gasteiger charge is 2.16. The first-order valence-electron chi connectivity index (χ1n) is 4.07. The minimum absolute atomic E-state index is 0.00796. The van der Waals surface area contributed by atoms with Gasteiger partial charge in [-0.05, 0) is 44.0 Å². The molecule has 2 rings (SSSR count). The molecule has 0 saturated carbocycles. The lowest BCUT2D eigenvalue weighted by atomic mass is 10.2. The van der Waals surface area contributed by atoms with Gasteiger partial charge in [-0.25, -0.2) is 0 Å². The minimum atomic E-state index is -0.00796. The van der Waals surface area contributed by atoms with Crippen molar-refractivity contribution < 1.29 is 4.79 Å². The van der Waals surface area contributed by atoms with Crippen molar-refractivity contribution in [1.82, 2.24) is 9.78 Å². The van der Waals surface area contributed by atoms with E-state index in [2.05, 4.69) is 37.0 Å². The first kappa shape index (κ1) is 11.0. The fourth-order valence-electron chi connectivity index (χ4n) is 1.18. The Balaban J connectivity index is 2.41. The number of hydrogen-bond acceptors (Lipinski definition) is 3. The standard InChI is InChI=1S/C9H6Br2N2OS/c1-13-6(2-3-12-13)8(14)7-4-5(10)9(11)15-7/h2-4H,1H3. The van der Waals surface area contributed by atoms with E-state index in [1.165, 1.54) is 11.3 Å². The third kappa shape index (κ3) is 2.07. The van der Waals surface area contributed by atoms with Gasteiger partial charge in [0.2, 0.25) is 5.78 Å². The summed E-state index contributed by atoms with van der Waals surface area (Å²) in [6, 6.07) is 3.52. The summed E-state index contributed by atoms with van der Waals surface area (Å²) in [6.07, 6.45) is 1.62. The van der Waals surface area contributed by atoms with Gasteiger partial charge in [-0.15, -0.1) is 11.3 Å². The number of hydrogen-bond donors (Lipinski definition) is 0. The number of ketones is 1. The maximum atomic E-state index is 12.0. The predicted molar refractivity (Wildman–Crippen MR) is 66.4 cm³/mol. The van der Waals surface area contributed by atoms with Crippen LogP contribution in [0.4, 0.5) is 0 Å². The van der Waals surface area contributed by atoms with Crippen LogP contribution in [0.3, 0.4) is 0 Å². The summed E-state index contributed by atoms with van der Waals surface area (Å²) in [4.78, 5) is 12.7. The zero-order valence-electron chi connectivity index (χ0n) is 7.70. The van der Waals surface area contributed by atoms with Crippen molar-refractivity contribution in [2.24, 2.45) is 7.05 Å². The second kappa shape index (κ2) is 4.19. The largest absolute Gasteiger partial charge is 0.286 e. The molecule has 0 radical (unpaired) electrons. The van der Waals surface area contributed by atoms with E-state index in [-0.39, 0.29) is 5.78 Å². The fraction of sp³-hybridized carbons (Fsp3) is 0.111. The number of aryl methyl sites for hydroxylation is 1. The summed E-state index contributed by atoms with van der Waals surface area (Å²) in [5, 5.41) is 3.97. The highest BCUT2D eigenvalue weighted by Crippen LogP contribution is 2.33. The van der Waals surface area contributed by atoms with Crippen molar-refractivity contribution in [3.05, 3.63) is 37.2 Å². The average Bonchev–Trinajstić information content (AvgIpc) is 2.74. The monoisotopic (exact) mass is 348 g/mol. The van der Waals surface area contributed by atoms with E-state index in [0.717, 1.165) is 8.26 Å². The molecule has 0 spiro atoms. The Labute approximate surface area is 107 Å². The normalized spacial score (nSPS) is 10.6. The van der Waals surface area contributed by atoms with Crippen LogP contribution in [-0.4, -0.2) is 15.6 Å². The van der Waals surface area contributed by atoms with Gasteiger partial charge in [0.05, 0.1) is 8.66 Å². The second-order valence-electron chi connectivity index (χ2n) is 2.90. The summed E-state index contributed by atoms with van der Waals surface area (Å²) in [6.45, 7) is 0. The maximum absolute atomic E-state index is 12.0.